The number of amides is 2. The summed E-state index contributed by atoms with van der Waals surface area (Å²) in [6.45, 7) is 1.33. The molecule has 1 saturated heterocycles. The molecule has 1 aromatic carbocycles. The number of carbonyl (C=O) groups is 2. The Balaban J connectivity index is 2.02. The van der Waals surface area contributed by atoms with Crippen molar-refractivity contribution in [2.24, 2.45) is 5.84 Å². The molecule has 3 rings (SSSR count). The van der Waals surface area contributed by atoms with Crippen molar-refractivity contribution in [2.45, 2.75) is 6.54 Å². The van der Waals surface area contributed by atoms with Crippen molar-refractivity contribution in [3.8, 4) is 0 Å². The van der Waals surface area contributed by atoms with E-state index >= 15 is 0 Å². The number of nitrogens with zero attached hydrogens (tertiary/aromatic N) is 1. The first-order chi connectivity index (χ1) is 10.2. The van der Waals surface area contributed by atoms with Gasteiger partial charge in [-0.1, -0.05) is 18.2 Å². The summed E-state index contributed by atoms with van der Waals surface area (Å²) in [5.74, 6) is 4.71. The topological polar surface area (TPSA) is 97.8 Å². The maximum atomic E-state index is 11.9. The molecule has 1 aliphatic heterocycles. The zero-order chi connectivity index (χ0) is 14.8. The molecule has 0 spiro atoms. The number of nitrogens with two attached hydrogens (primary N) is 1. The van der Waals surface area contributed by atoms with Crippen molar-refractivity contribution in [2.75, 3.05) is 19.8 Å². The predicted octanol–water partition coefficient (Wildman–Crippen LogP) is 0.395. The van der Waals surface area contributed by atoms with E-state index in [0.29, 0.717) is 30.8 Å². The molecule has 21 heavy (non-hydrogen) atoms. The van der Waals surface area contributed by atoms with Gasteiger partial charge in [0.1, 0.15) is 12.2 Å². The van der Waals surface area contributed by atoms with Crippen LogP contribution in [-0.4, -0.2) is 36.5 Å². The van der Waals surface area contributed by atoms with E-state index in [-0.39, 0.29) is 18.3 Å². The molecule has 1 aromatic heterocycles. The molecule has 0 aliphatic carbocycles. The van der Waals surface area contributed by atoms with E-state index < -0.39 is 5.91 Å². The summed E-state index contributed by atoms with van der Waals surface area (Å²) < 4.78 is 10.7. The second kappa shape index (κ2) is 5.55. The van der Waals surface area contributed by atoms with Gasteiger partial charge in [-0.2, -0.15) is 0 Å². The van der Waals surface area contributed by atoms with E-state index in [1.165, 1.54) is 0 Å². The van der Waals surface area contributed by atoms with Gasteiger partial charge in [0.25, 0.3) is 0 Å². The number of nitrogens with one attached hydrogen (secondary N) is 1. The first kappa shape index (κ1) is 13.6. The van der Waals surface area contributed by atoms with Crippen LogP contribution in [0, 0.1) is 0 Å². The van der Waals surface area contributed by atoms with E-state index in [2.05, 4.69) is 5.43 Å². The van der Waals surface area contributed by atoms with Crippen LogP contribution in [0.2, 0.25) is 0 Å². The lowest BCUT2D eigenvalue weighted by molar-refractivity contribution is -0.143. The van der Waals surface area contributed by atoms with Crippen LogP contribution in [0.4, 0.5) is 0 Å². The average molecular weight is 289 g/mol. The largest absolute Gasteiger partial charge is 0.450 e. The number of hydrogen-bond donors (Lipinski definition) is 2. The fourth-order valence-electron chi connectivity index (χ4n) is 2.41. The highest BCUT2D eigenvalue weighted by atomic mass is 16.5. The quantitative estimate of drug-likeness (QED) is 0.484. The summed E-state index contributed by atoms with van der Waals surface area (Å²) in [4.78, 5) is 25.4. The Morgan fingerprint density at radius 3 is 2.95 bits per heavy atom. The first-order valence-electron chi connectivity index (χ1n) is 6.57. The molecule has 0 atom stereocenters. The highest BCUT2D eigenvalue weighted by molar-refractivity contribution is 5.99. The molecule has 1 aliphatic rings. The van der Waals surface area contributed by atoms with Crippen LogP contribution in [0.15, 0.2) is 28.7 Å². The van der Waals surface area contributed by atoms with Gasteiger partial charge in [-0.3, -0.25) is 15.0 Å². The van der Waals surface area contributed by atoms with E-state index in [1.54, 1.807) is 11.0 Å². The SMILES string of the molecule is NNC(=O)c1oc2ccccc2c1CN1CCOCC1=O. The predicted molar refractivity (Wildman–Crippen MR) is 74.1 cm³/mol. The van der Waals surface area contributed by atoms with Crippen LogP contribution in [0.25, 0.3) is 11.0 Å². The zero-order valence-corrected chi connectivity index (χ0v) is 11.3. The Hall–Kier alpha value is -2.38. The smallest absolute Gasteiger partial charge is 0.301 e. The Morgan fingerprint density at radius 2 is 2.19 bits per heavy atom. The average Bonchev–Trinajstić information content (AvgIpc) is 2.88. The van der Waals surface area contributed by atoms with Crippen molar-refractivity contribution in [1.82, 2.24) is 10.3 Å². The van der Waals surface area contributed by atoms with E-state index in [9.17, 15) is 9.59 Å². The monoisotopic (exact) mass is 289 g/mol. The standard InChI is InChI=1S/C14H15N3O4/c15-16-14(19)13-10(7-17-5-6-20-8-12(17)18)9-3-1-2-4-11(9)21-13/h1-4H,5-8,15H2,(H,16,19). The van der Waals surface area contributed by atoms with Crippen LogP contribution in [-0.2, 0) is 16.1 Å². The summed E-state index contributed by atoms with van der Waals surface area (Å²) in [5, 5.41) is 0.801. The number of fused-ring (bicyclic) bond motifs is 1. The normalized spacial score (nSPS) is 15.5. The minimum atomic E-state index is -0.512. The van der Waals surface area contributed by atoms with Gasteiger partial charge in [-0.25, -0.2) is 5.84 Å². The van der Waals surface area contributed by atoms with E-state index in [4.69, 9.17) is 15.0 Å². The molecule has 0 radical (unpaired) electrons. The van der Waals surface area contributed by atoms with Crippen molar-refractivity contribution in [1.29, 1.82) is 0 Å². The number of morpholine rings is 1. The van der Waals surface area contributed by atoms with Gasteiger partial charge in [0.15, 0.2) is 5.76 Å². The van der Waals surface area contributed by atoms with Crippen LogP contribution in [0.5, 0.6) is 0 Å². The minimum absolute atomic E-state index is 0.0637. The van der Waals surface area contributed by atoms with Gasteiger partial charge in [0.2, 0.25) is 5.91 Å². The van der Waals surface area contributed by atoms with Crippen LogP contribution in [0.3, 0.4) is 0 Å². The fourth-order valence-corrected chi connectivity index (χ4v) is 2.41. The third kappa shape index (κ3) is 2.48. The lowest BCUT2D eigenvalue weighted by atomic mass is 10.1. The lowest BCUT2D eigenvalue weighted by Crippen LogP contribution is -2.41. The molecule has 1 fully saturated rings. The van der Waals surface area contributed by atoms with Crippen LogP contribution >= 0.6 is 0 Å². The number of hydrazine groups is 1. The summed E-state index contributed by atoms with van der Waals surface area (Å²) in [6, 6.07) is 7.30. The minimum Gasteiger partial charge on any atom is -0.450 e. The Labute approximate surface area is 120 Å². The second-order valence-corrected chi connectivity index (χ2v) is 4.75. The van der Waals surface area contributed by atoms with Crippen molar-refractivity contribution in [3.05, 3.63) is 35.6 Å². The van der Waals surface area contributed by atoms with Gasteiger partial charge in [0.05, 0.1) is 13.2 Å². The maximum absolute atomic E-state index is 11.9. The third-order valence-corrected chi connectivity index (χ3v) is 3.47. The maximum Gasteiger partial charge on any atom is 0.301 e. The number of benzene rings is 1. The molecule has 7 nitrogen and oxygen atoms in total. The second-order valence-electron chi connectivity index (χ2n) is 4.75. The fraction of sp³-hybridized carbons (Fsp3) is 0.286. The van der Waals surface area contributed by atoms with Crippen molar-refractivity contribution >= 4 is 22.8 Å². The van der Waals surface area contributed by atoms with Crippen molar-refractivity contribution in [3.63, 3.8) is 0 Å². The number of rotatable bonds is 3. The van der Waals surface area contributed by atoms with E-state index in [0.717, 1.165) is 5.39 Å². The molecule has 0 unspecified atom stereocenters. The number of furan rings is 1. The van der Waals surface area contributed by atoms with E-state index in [1.807, 2.05) is 18.2 Å². The summed E-state index contributed by atoms with van der Waals surface area (Å²) in [5.41, 5.74) is 3.32. The van der Waals surface area contributed by atoms with Crippen LogP contribution < -0.4 is 11.3 Å². The Bertz CT molecular complexity index is 695. The van der Waals surface area contributed by atoms with Gasteiger partial charge in [-0.05, 0) is 6.07 Å². The Morgan fingerprint density at radius 1 is 1.38 bits per heavy atom. The third-order valence-electron chi connectivity index (χ3n) is 3.47. The molecule has 2 heterocycles. The molecule has 2 amide bonds. The molecular formula is C14H15N3O4. The van der Waals surface area contributed by atoms with Crippen LogP contribution in [0.1, 0.15) is 16.1 Å². The zero-order valence-electron chi connectivity index (χ0n) is 11.3. The molecule has 0 bridgehead atoms. The number of hydrogen-bond acceptors (Lipinski definition) is 5. The van der Waals surface area contributed by atoms with Gasteiger partial charge < -0.3 is 14.1 Å². The number of para-hydroxylation sites is 1. The molecular weight excluding hydrogens is 274 g/mol. The molecule has 3 N–H and O–H groups in total. The molecule has 110 valence electrons. The van der Waals surface area contributed by atoms with Gasteiger partial charge >= 0.3 is 5.91 Å². The summed E-state index contributed by atoms with van der Waals surface area (Å²) >= 11 is 0. The summed E-state index contributed by atoms with van der Waals surface area (Å²) in [7, 11) is 0. The Kier molecular flexibility index (Phi) is 3.59. The molecule has 2 aromatic rings. The lowest BCUT2D eigenvalue weighted by Gasteiger charge is -2.26. The summed E-state index contributed by atoms with van der Waals surface area (Å²) in [6.07, 6.45) is 0. The van der Waals surface area contributed by atoms with Gasteiger partial charge in [0, 0.05) is 17.5 Å². The molecule has 0 saturated carbocycles. The van der Waals surface area contributed by atoms with Crippen molar-refractivity contribution < 1.29 is 18.7 Å². The number of carbonyl (C=O) groups excluding carboxylic acids is 2. The van der Waals surface area contributed by atoms with Gasteiger partial charge in [-0.15, -0.1) is 0 Å². The molecule has 7 heteroatoms. The number of ether oxygens (including phenoxy) is 1. The highest BCUT2D eigenvalue weighted by Gasteiger charge is 2.25. The number of nitrogen functional groups attached to an aromatic ring is 1. The highest BCUT2D eigenvalue weighted by Crippen LogP contribution is 2.27. The first-order valence-corrected chi connectivity index (χ1v) is 6.57.